The fraction of sp³-hybridized carbons (Fsp3) is 0.714. The van der Waals surface area contributed by atoms with Gasteiger partial charge in [-0.05, 0) is 45.2 Å². The average Bonchev–Trinajstić information content (AvgIpc) is 2.67. The zero-order chi connectivity index (χ0) is 19.7. The Morgan fingerprint density at radius 1 is 1.22 bits per heavy atom. The second-order valence-corrected chi connectivity index (χ2v) is 8.67. The van der Waals surface area contributed by atoms with E-state index in [9.17, 15) is 0 Å². The van der Waals surface area contributed by atoms with Crippen molar-refractivity contribution in [3.8, 4) is 0 Å². The van der Waals surface area contributed by atoms with E-state index in [2.05, 4.69) is 58.4 Å². The lowest BCUT2D eigenvalue weighted by Crippen LogP contribution is -2.69. The quantitative estimate of drug-likeness (QED) is 0.628. The summed E-state index contributed by atoms with van der Waals surface area (Å²) in [6.45, 7) is 10.8. The van der Waals surface area contributed by atoms with Gasteiger partial charge in [-0.25, -0.2) is 4.98 Å². The van der Waals surface area contributed by atoms with Crippen molar-refractivity contribution in [2.45, 2.75) is 64.6 Å². The van der Waals surface area contributed by atoms with Gasteiger partial charge in [-0.15, -0.1) is 0 Å². The first-order valence-corrected chi connectivity index (χ1v) is 10.0. The van der Waals surface area contributed by atoms with E-state index >= 15 is 0 Å². The second-order valence-electron chi connectivity index (χ2n) is 8.67. The normalized spacial score (nSPS) is 28.6. The Kier molecular flexibility index (Phi) is 5.65. The number of pyridine rings is 1. The zero-order valence-electron chi connectivity index (χ0n) is 17.7. The Balaban J connectivity index is 1.51. The largest absolute Gasteiger partial charge is 0.378 e. The summed E-state index contributed by atoms with van der Waals surface area (Å²) in [4.78, 5) is 11.5. The molecule has 2 atom stereocenters. The summed E-state index contributed by atoms with van der Waals surface area (Å²) >= 11 is 0. The van der Waals surface area contributed by atoms with Crippen LogP contribution in [-0.2, 0) is 4.74 Å². The molecule has 1 aromatic heterocycles. The van der Waals surface area contributed by atoms with E-state index in [0.717, 1.165) is 49.8 Å². The molecule has 0 bridgehead atoms. The van der Waals surface area contributed by atoms with Gasteiger partial charge in [-0.1, -0.05) is 19.9 Å². The van der Waals surface area contributed by atoms with E-state index in [-0.39, 0.29) is 11.0 Å². The third kappa shape index (κ3) is 3.91. The highest BCUT2D eigenvalue weighted by molar-refractivity contribution is 5.80. The van der Waals surface area contributed by atoms with Gasteiger partial charge in [0.15, 0.2) is 5.96 Å². The van der Waals surface area contributed by atoms with Crippen LogP contribution >= 0.6 is 0 Å². The van der Waals surface area contributed by atoms with Crippen LogP contribution in [0.5, 0.6) is 0 Å². The molecule has 0 spiro atoms. The van der Waals surface area contributed by atoms with Crippen LogP contribution in [0.1, 0.15) is 45.7 Å². The van der Waals surface area contributed by atoms with Crippen LogP contribution in [0.2, 0.25) is 0 Å². The first kappa shape index (κ1) is 19.9. The van der Waals surface area contributed by atoms with Crippen LogP contribution in [0.3, 0.4) is 0 Å². The second kappa shape index (κ2) is 7.66. The topological polar surface area (TPSA) is 61.8 Å². The van der Waals surface area contributed by atoms with Gasteiger partial charge in [0.1, 0.15) is 5.82 Å². The Labute approximate surface area is 163 Å². The molecule has 2 unspecified atom stereocenters. The third-order valence-corrected chi connectivity index (χ3v) is 6.85. The van der Waals surface area contributed by atoms with Crippen molar-refractivity contribution in [1.29, 1.82) is 0 Å². The number of guanidine groups is 1. The minimum absolute atomic E-state index is 0.0690. The van der Waals surface area contributed by atoms with Gasteiger partial charge >= 0.3 is 0 Å². The van der Waals surface area contributed by atoms with Gasteiger partial charge in [0.05, 0.1) is 5.60 Å². The lowest BCUT2D eigenvalue weighted by atomic mass is 9.56. The van der Waals surface area contributed by atoms with Crippen molar-refractivity contribution in [2.75, 3.05) is 32.1 Å². The molecule has 1 aliphatic heterocycles. The Morgan fingerprint density at radius 2 is 1.93 bits per heavy atom. The number of nitrogens with one attached hydrogen (secondary N) is 2. The highest BCUT2D eigenvalue weighted by Gasteiger charge is 2.58. The molecule has 6 heteroatoms. The lowest BCUT2D eigenvalue weighted by Gasteiger charge is -2.59. The van der Waals surface area contributed by atoms with E-state index in [1.807, 2.05) is 27.1 Å². The molecular formula is C21H35N5O. The summed E-state index contributed by atoms with van der Waals surface area (Å²) < 4.78 is 5.73. The molecule has 2 fully saturated rings. The van der Waals surface area contributed by atoms with Crippen LogP contribution in [0.4, 0.5) is 5.82 Å². The number of hydrogen-bond donors (Lipinski definition) is 2. The lowest BCUT2D eigenvalue weighted by molar-refractivity contribution is -0.176. The molecule has 27 heavy (non-hydrogen) atoms. The summed E-state index contributed by atoms with van der Waals surface area (Å²) in [5, 5.41) is 7.24. The SMILES string of the molecule is CN=C(NC1CCN(c2cccc(C)n2)CC1)NC1CC(C)(OC)C1(C)C. The fourth-order valence-electron chi connectivity index (χ4n) is 4.21. The van der Waals surface area contributed by atoms with Crippen LogP contribution < -0.4 is 15.5 Å². The molecular weight excluding hydrogens is 338 g/mol. The van der Waals surface area contributed by atoms with Gasteiger partial charge in [-0.2, -0.15) is 0 Å². The van der Waals surface area contributed by atoms with E-state index in [1.54, 1.807) is 0 Å². The first-order valence-electron chi connectivity index (χ1n) is 10.0. The number of aromatic nitrogens is 1. The van der Waals surface area contributed by atoms with Crippen molar-refractivity contribution >= 4 is 11.8 Å². The summed E-state index contributed by atoms with van der Waals surface area (Å²) in [5.74, 6) is 1.99. The zero-order valence-corrected chi connectivity index (χ0v) is 17.7. The number of aliphatic imine (C=N–C) groups is 1. The number of rotatable bonds is 4. The maximum absolute atomic E-state index is 5.73. The minimum atomic E-state index is -0.0737. The Hall–Kier alpha value is -1.82. The maximum atomic E-state index is 5.73. The standard InChI is InChI=1S/C21H35N5O/c1-15-8-7-9-18(23-15)26-12-10-16(11-13-26)24-19(22-5)25-17-14-21(4,27-6)20(17,2)3/h7-9,16-17H,10-14H2,1-6H3,(H2,22,24,25). The molecule has 2 heterocycles. The molecule has 0 aromatic carbocycles. The van der Waals surface area contributed by atoms with Crippen LogP contribution in [0.15, 0.2) is 23.2 Å². The number of anilines is 1. The predicted molar refractivity (Wildman–Crippen MR) is 111 cm³/mol. The highest BCUT2D eigenvalue weighted by Crippen LogP contribution is 2.51. The molecule has 1 aromatic rings. The molecule has 6 nitrogen and oxygen atoms in total. The van der Waals surface area contributed by atoms with E-state index in [4.69, 9.17) is 4.74 Å². The van der Waals surface area contributed by atoms with E-state index < -0.39 is 0 Å². The van der Waals surface area contributed by atoms with Crippen LogP contribution in [0, 0.1) is 12.3 Å². The summed E-state index contributed by atoms with van der Waals surface area (Å²) in [6.07, 6.45) is 3.16. The third-order valence-electron chi connectivity index (χ3n) is 6.85. The predicted octanol–water partition coefficient (Wildman–Crippen LogP) is 2.73. The summed E-state index contributed by atoms with van der Waals surface area (Å²) in [5.41, 5.74) is 1.07. The Morgan fingerprint density at radius 3 is 2.48 bits per heavy atom. The summed E-state index contributed by atoms with van der Waals surface area (Å²) in [6, 6.07) is 7.04. The van der Waals surface area contributed by atoms with E-state index in [0.29, 0.717) is 12.1 Å². The van der Waals surface area contributed by atoms with E-state index in [1.165, 1.54) is 0 Å². The van der Waals surface area contributed by atoms with Crippen molar-refractivity contribution < 1.29 is 4.74 Å². The van der Waals surface area contributed by atoms with Crippen molar-refractivity contribution in [3.05, 3.63) is 23.9 Å². The van der Waals surface area contributed by atoms with Gasteiger partial charge in [0.25, 0.3) is 0 Å². The number of aryl methyl sites for hydroxylation is 1. The smallest absolute Gasteiger partial charge is 0.191 e. The molecule has 0 amide bonds. The van der Waals surface area contributed by atoms with Crippen molar-refractivity contribution in [1.82, 2.24) is 15.6 Å². The number of nitrogens with zero attached hydrogens (tertiary/aromatic N) is 3. The molecule has 2 N–H and O–H groups in total. The summed E-state index contributed by atoms with van der Waals surface area (Å²) in [7, 11) is 3.66. The van der Waals surface area contributed by atoms with Gasteiger partial charge in [-0.3, -0.25) is 4.99 Å². The molecule has 3 rings (SSSR count). The number of methoxy groups -OCH3 is 1. The van der Waals surface area contributed by atoms with Gasteiger partial charge in [0.2, 0.25) is 0 Å². The maximum Gasteiger partial charge on any atom is 0.191 e. The monoisotopic (exact) mass is 373 g/mol. The minimum Gasteiger partial charge on any atom is -0.378 e. The molecule has 2 aliphatic rings. The van der Waals surface area contributed by atoms with Crippen LogP contribution in [0.25, 0.3) is 0 Å². The molecule has 1 saturated heterocycles. The number of ether oxygens (including phenoxy) is 1. The van der Waals surface area contributed by atoms with Crippen molar-refractivity contribution in [3.63, 3.8) is 0 Å². The highest BCUT2D eigenvalue weighted by atomic mass is 16.5. The first-order chi connectivity index (χ1) is 12.8. The Bertz CT molecular complexity index is 681. The number of piperidine rings is 1. The van der Waals surface area contributed by atoms with Crippen LogP contribution in [-0.4, -0.2) is 55.9 Å². The molecule has 150 valence electrons. The number of hydrogen-bond acceptors (Lipinski definition) is 4. The van der Waals surface area contributed by atoms with Gasteiger partial charge < -0.3 is 20.3 Å². The van der Waals surface area contributed by atoms with Gasteiger partial charge in [0, 0.05) is 50.4 Å². The van der Waals surface area contributed by atoms with Crippen molar-refractivity contribution in [2.24, 2.45) is 10.4 Å². The molecule has 0 radical (unpaired) electrons. The molecule has 1 saturated carbocycles. The average molecular weight is 374 g/mol. The molecule has 1 aliphatic carbocycles. The fourth-order valence-corrected chi connectivity index (χ4v) is 4.21.